The molecule has 158 valence electrons. The van der Waals surface area contributed by atoms with Crippen molar-refractivity contribution in [2.45, 2.75) is 38.5 Å². The molecule has 2 aromatic carbocycles. The van der Waals surface area contributed by atoms with E-state index in [0.717, 1.165) is 11.8 Å². The van der Waals surface area contributed by atoms with Crippen molar-refractivity contribution in [1.82, 2.24) is 14.8 Å². The van der Waals surface area contributed by atoms with Crippen LogP contribution >= 0.6 is 0 Å². The van der Waals surface area contributed by atoms with E-state index >= 15 is 0 Å². The van der Waals surface area contributed by atoms with Crippen LogP contribution < -0.4 is 10.6 Å². The molecule has 0 aliphatic rings. The van der Waals surface area contributed by atoms with Crippen LogP contribution in [-0.2, 0) is 17.4 Å². The molecule has 9 heteroatoms. The molecule has 0 fully saturated rings. The lowest BCUT2D eigenvalue weighted by Crippen LogP contribution is -2.24. The molecule has 0 saturated heterocycles. The predicted octanol–water partition coefficient (Wildman–Crippen LogP) is 4.54. The molecule has 3 aromatic rings. The third kappa shape index (κ3) is 5.59. The van der Waals surface area contributed by atoms with Gasteiger partial charge in [-0.2, -0.15) is 18.3 Å². The maximum atomic E-state index is 12.9. The Bertz CT molecular complexity index is 971. The number of carbonyl (C=O) groups is 1. The van der Waals surface area contributed by atoms with Crippen LogP contribution in [0.4, 0.5) is 24.5 Å². The number of rotatable bonds is 7. The molecular formula is C21H22F3N5O. The highest BCUT2D eigenvalue weighted by Crippen LogP contribution is 2.29. The van der Waals surface area contributed by atoms with Crippen LogP contribution in [-0.4, -0.2) is 26.7 Å². The van der Waals surface area contributed by atoms with Crippen molar-refractivity contribution >= 4 is 17.3 Å². The Morgan fingerprint density at radius 2 is 1.80 bits per heavy atom. The van der Waals surface area contributed by atoms with Gasteiger partial charge >= 0.3 is 6.18 Å². The van der Waals surface area contributed by atoms with E-state index in [4.69, 9.17) is 0 Å². The average molecular weight is 417 g/mol. The summed E-state index contributed by atoms with van der Waals surface area (Å²) in [4.78, 5) is 16.1. The highest BCUT2D eigenvalue weighted by atomic mass is 19.4. The second kappa shape index (κ2) is 8.98. The molecule has 2 atom stereocenters. The van der Waals surface area contributed by atoms with Gasteiger partial charge < -0.3 is 10.6 Å². The molecule has 2 N–H and O–H groups in total. The highest BCUT2D eigenvalue weighted by molar-refractivity contribution is 5.93. The Balaban J connectivity index is 1.56. The van der Waals surface area contributed by atoms with Crippen LogP contribution in [0.5, 0.6) is 0 Å². The van der Waals surface area contributed by atoms with Gasteiger partial charge in [0.05, 0.1) is 5.56 Å². The summed E-state index contributed by atoms with van der Waals surface area (Å²) in [5, 5.41) is 10.0. The van der Waals surface area contributed by atoms with Crippen molar-refractivity contribution in [3.05, 3.63) is 72.3 Å². The first-order valence-electron chi connectivity index (χ1n) is 9.40. The predicted molar refractivity (Wildman–Crippen MR) is 108 cm³/mol. The minimum absolute atomic E-state index is 0.0822. The number of anilines is 2. The molecule has 0 radical (unpaired) electrons. The molecule has 30 heavy (non-hydrogen) atoms. The summed E-state index contributed by atoms with van der Waals surface area (Å²) in [5.41, 5.74) is 1.39. The molecule has 0 spiro atoms. The lowest BCUT2D eigenvalue weighted by atomic mass is 10.0. The van der Waals surface area contributed by atoms with Crippen LogP contribution in [0, 0.1) is 0 Å². The summed E-state index contributed by atoms with van der Waals surface area (Å²) in [6.45, 7) is 3.62. The molecule has 2 unspecified atom stereocenters. The first-order chi connectivity index (χ1) is 14.2. The molecule has 6 nitrogen and oxygen atoms in total. The number of carbonyl (C=O) groups excluding carboxylic acids is 1. The summed E-state index contributed by atoms with van der Waals surface area (Å²) in [6, 6.07) is 11.9. The van der Waals surface area contributed by atoms with E-state index in [2.05, 4.69) is 20.7 Å². The Hall–Kier alpha value is -3.36. The van der Waals surface area contributed by atoms with E-state index in [9.17, 15) is 18.0 Å². The maximum Gasteiger partial charge on any atom is 0.416 e. The smallest absolute Gasteiger partial charge is 0.382 e. The van der Waals surface area contributed by atoms with Gasteiger partial charge in [0, 0.05) is 17.4 Å². The monoisotopic (exact) mass is 417 g/mol. The van der Waals surface area contributed by atoms with Crippen molar-refractivity contribution in [2.75, 3.05) is 10.6 Å². The summed E-state index contributed by atoms with van der Waals surface area (Å²) < 4.78 is 40.0. The van der Waals surface area contributed by atoms with E-state index in [-0.39, 0.29) is 11.9 Å². The molecule has 0 aliphatic carbocycles. The lowest BCUT2D eigenvalue weighted by Gasteiger charge is -2.17. The molecule has 0 bridgehead atoms. The molecule has 0 saturated carbocycles. The van der Waals surface area contributed by atoms with Crippen LogP contribution in [0.1, 0.15) is 31.0 Å². The fourth-order valence-electron chi connectivity index (χ4n) is 3.00. The first-order valence-corrected chi connectivity index (χ1v) is 9.40. The number of nitrogens with one attached hydrogen (secondary N) is 2. The van der Waals surface area contributed by atoms with Crippen LogP contribution in [0.3, 0.4) is 0 Å². The van der Waals surface area contributed by atoms with E-state index in [1.807, 2.05) is 6.92 Å². The van der Waals surface area contributed by atoms with Crippen molar-refractivity contribution in [2.24, 2.45) is 0 Å². The largest absolute Gasteiger partial charge is 0.416 e. The van der Waals surface area contributed by atoms with Gasteiger partial charge in [0.15, 0.2) is 0 Å². The summed E-state index contributed by atoms with van der Waals surface area (Å²) >= 11 is 0. The topological polar surface area (TPSA) is 71.8 Å². The number of nitrogens with zero attached hydrogens (tertiary/aromatic N) is 3. The zero-order chi connectivity index (χ0) is 21.7. The Morgan fingerprint density at radius 1 is 1.10 bits per heavy atom. The van der Waals surface area contributed by atoms with E-state index in [1.165, 1.54) is 29.5 Å². The normalized spacial score (nSPS) is 13.5. The van der Waals surface area contributed by atoms with Crippen molar-refractivity contribution in [3.63, 3.8) is 0 Å². The quantitative estimate of drug-likeness (QED) is 0.592. The number of halogens is 3. The van der Waals surface area contributed by atoms with Crippen molar-refractivity contribution in [3.8, 4) is 0 Å². The van der Waals surface area contributed by atoms with Gasteiger partial charge in [0.1, 0.15) is 18.7 Å². The standard InChI is InChI=1S/C21H22F3N5O/c1-14(10-16-4-3-5-17(11-16)21(22,23)24)27-18-6-8-19(9-7-18)28-20(30)15(2)29-13-25-12-26-29/h3-9,11-15,27H,10H2,1-2H3,(H,28,30). The van der Waals surface area contributed by atoms with Gasteiger partial charge in [0.25, 0.3) is 0 Å². The lowest BCUT2D eigenvalue weighted by molar-refractivity contribution is -0.137. The zero-order valence-electron chi connectivity index (χ0n) is 16.5. The van der Waals surface area contributed by atoms with Crippen molar-refractivity contribution in [1.29, 1.82) is 0 Å². The van der Waals surface area contributed by atoms with Crippen molar-refractivity contribution < 1.29 is 18.0 Å². The highest BCUT2D eigenvalue weighted by Gasteiger charge is 2.30. The Kier molecular flexibility index (Phi) is 6.39. The average Bonchev–Trinajstić information content (AvgIpc) is 3.23. The van der Waals surface area contributed by atoms with E-state index in [1.54, 1.807) is 37.3 Å². The van der Waals surface area contributed by atoms with Gasteiger partial charge in [-0.05, 0) is 56.2 Å². The van der Waals surface area contributed by atoms with Gasteiger partial charge in [-0.3, -0.25) is 4.79 Å². The SMILES string of the molecule is CC(Cc1cccc(C(F)(F)F)c1)Nc1ccc(NC(=O)C(C)n2cncn2)cc1. The number of aromatic nitrogens is 3. The summed E-state index contributed by atoms with van der Waals surface area (Å²) in [7, 11) is 0. The van der Waals surface area contributed by atoms with Crippen LogP contribution in [0.2, 0.25) is 0 Å². The third-order valence-corrected chi connectivity index (χ3v) is 4.57. The minimum atomic E-state index is -4.35. The molecular weight excluding hydrogens is 395 g/mol. The summed E-state index contributed by atoms with van der Waals surface area (Å²) in [5.74, 6) is -0.223. The minimum Gasteiger partial charge on any atom is -0.382 e. The van der Waals surface area contributed by atoms with Gasteiger partial charge in [-0.1, -0.05) is 18.2 Å². The zero-order valence-corrected chi connectivity index (χ0v) is 16.5. The van der Waals surface area contributed by atoms with Crippen LogP contribution in [0.15, 0.2) is 61.2 Å². The van der Waals surface area contributed by atoms with Gasteiger partial charge in [0.2, 0.25) is 5.91 Å². The van der Waals surface area contributed by atoms with Gasteiger partial charge in [-0.15, -0.1) is 0 Å². The number of amides is 1. The fraction of sp³-hybridized carbons (Fsp3) is 0.286. The second-order valence-corrected chi connectivity index (χ2v) is 7.07. The number of hydrogen-bond acceptors (Lipinski definition) is 4. The molecule has 1 aromatic heterocycles. The molecule has 3 rings (SSSR count). The molecule has 0 aliphatic heterocycles. The molecule has 1 heterocycles. The van der Waals surface area contributed by atoms with E-state index < -0.39 is 17.8 Å². The maximum absolute atomic E-state index is 12.9. The fourth-order valence-corrected chi connectivity index (χ4v) is 3.00. The van der Waals surface area contributed by atoms with Gasteiger partial charge in [-0.25, -0.2) is 9.67 Å². The second-order valence-electron chi connectivity index (χ2n) is 7.07. The van der Waals surface area contributed by atoms with E-state index in [0.29, 0.717) is 17.7 Å². The summed E-state index contributed by atoms with van der Waals surface area (Å²) in [6.07, 6.45) is -1.07. The number of hydrogen-bond donors (Lipinski definition) is 2. The van der Waals surface area contributed by atoms with Crippen LogP contribution in [0.25, 0.3) is 0 Å². The third-order valence-electron chi connectivity index (χ3n) is 4.57. The first kappa shape index (κ1) is 21.4. The number of alkyl halides is 3. The molecule has 1 amide bonds. The Labute approximate surface area is 172 Å². The number of benzene rings is 2. The Morgan fingerprint density at radius 3 is 2.43 bits per heavy atom.